The zero-order valence-electron chi connectivity index (χ0n) is 8.78. The maximum Gasteiger partial charge on any atom is 0.144 e. The van der Waals surface area contributed by atoms with E-state index < -0.39 is 0 Å². The van der Waals surface area contributed by atoms with Gasteiger partial charge < -0.3 is 16.4 Å². The van der Waals surface area contributed by atoms with Gasteiger partial charge in [0.15, 0.2) is 0 Å². The molecule has 0 spiro atoms. The van der Waals surface area contributed by atoms with E-state index in [-0.39, 0.29) is 0 Å². The van der Waals surface area contributed by atoms with Crippen LogP contribution < -0.4 is 11.5 Å². The zero-order chi connectivity index (χ0) is 10.5. The minimum atomic E-state index is 0.626. The van der Waals surface area contributed by atoms with E-state index in [4.69, 9.17) is 16.4 Å². The second-order valence-electron chi connectivity index (χ2n) is 3.16. The average Bonchev–Trinajstić information content (AvgIpc) is 2.21. The fraction of sp³-hybridized carbons (Fsp3) is 0.800. The van der Waals surface area contributed by atoms with Crippen molar-refractivity contribution >= 4 is 0 Å². The van der Waals surface area contributed by atoms with Crippen LogP contribution in [0.4, 0.5) is 0 Å². The Kier molecular flexibility index (Phi) is 11.6. The largest absolute Gasteiger partial charge is 0.402 e. The van der Waals surface area contributed by atoms with E-state index >= 15 is 0 Å². The van der Waals surface area contributed by atoms with Gasteiger partial charge in [0.1, 0.15) is 6.26 Å². The summed E-state index contributed by atoms with van der Waals surface area (Å²) in [6.07, 6.45) is 9.72. The normalized spacial score (nSPS) is 10.9. The predicted molar refractivity (Wildman–Crippen MR) is 57.1 cm³/mol. The molecule has 14 heavy (non-hydrogen) atoms. The summed E-state index contributed by atoms with van der Waals surface area (Å²) in [6.45, 7) is 1.43. The molecule has 0 saturated carbocycles. The first-order valence-corrected chi connectivity index (χ1v) is 5.27. The minimum absolute atomic E-state index is 0.626. The van der Waals surface area contributed by atoms with E-state index in [0.717, 1.165) is 19.4 Å². The van der Waals surface area contributed by atoms with Gasteiger partial charge >= 0.3 is 0 Å². The van der Waals surface area contributed by atoms with Crippen LogP contribution in [0.3, 0.4) is 0 Å². The topological polar surface area (TPSA) is 70.5 Å². The lowest BCUT2D eigenvalue weighted by molar-refractivity contribution is -0.249. The van der Waals surface area contributed by atoms with Crippen molar-refractivity contribution < 1.29 is 9.78 Å². The standard InChI is InChI=1S/C10H22N2O2/c11-7-5-3-1-2-4-6-9-13-14-10-8-12/h8,10H,1-7,9,11-12H2. The molecule has 0 rings (SSSR count). The van der Waals surface area contributed by atoms with Crippen molar-refractivity contribution in [3.63, 3.8) is 0 Å². The Bertz CT molecular complexity index is 129. The summed E-state index contributed by atoms with van der Waals surface area (Å²) in [5.41, 5.74) is 10.4. The van der Waals surface area contributed by atoms with Crippen molar-refractivity contribution in [2.24, 2.45) is 11.5 Å². The van der Waals surface area contributed by atoms with E-state index in [1.165, 1.54) is 38.1 Å². The number of nitrogens with two attached hydrogens (primary N) is 2. The van der Waals surface area contributed by atoms with Crippen LogP contribution in [0.1, 0.15) is 38.5 Å². The van der Waals surface area contributed by atoms with Gasteiger partial charge in [0.2, 0.25) is 0 Å². The lowest BCUT2D eigenvalue weighted by atomic mass is 10.1. The molecule has 0 unspecified atom stereocenters. The molecule has 0 atom stereocenters. The number of unbranched alkanes of at least 4 members (excludes halogenated alkanes) is 5. The Balaban J connectivity index is 2.85. The molecule has 4 heteroatoms. The molecule has 0 aromatic heterocycles. The molecule has 0 fully saturated rings. The first kappa shape index (κ1) is 13.3. The van der Waals surface area contributed by atoms with Gasteiger partial charge in [-0.25, -0.2) is 0 Å². The molecule has 0 bridgehead atoms. The summed E-state index contributed by atoms with van der Waals surface area (Å²) in [5.74, 6) is 0. The third kappa shape index (κ3) is 11.3. The lowest BCUT2D eigenvalue weighted by Gasteiger charge is -2.01. The summed E-state index contributed by atoms with van der Waals surface area (Å²) >= 11 is 0. The third-order valence-corrected chi connectivity index (χ3v) is 1.88. The molecule has 4 N–H and O–H groups in total. The van der Waals surface area contributed by atoms with Crippen LogP contribution in [0.5, 0.6) is 0 Å². The van der Waals surface area contributed by atoms with Crippen LogP contribution >= 0.6 is 0 Å². The van der Waals surface area contributed by atoms with Gasteiger partial charge in [-0.05, 0) is 19.4 Å². The van der Waals surface area contributed by atoms with Crippen molar-refractivity contribution in [2.45, 2.75) is 38.5 Å². The van der Waals surface area contributed by atoms with Crippen LogP contribution in [0.2, 0.25) is 0 Å². The summed E-state index contributed by atoms with van der Waals surface area (Å²) in [6, 6.07) is 0. The first-order chi connectivity index (χ1) is 6.91. The molecule has 84 valence electrons. The van der Waals surface area contributed by atoms with Gasteiger partial charge in [0, 0.05) is 6.20 Å². The second-order valence-corrected chi connectivity index (χ2v) is 3.16. The minimum Gasteiger partial charge on any atom is -0.402 e. The molecule has 0 radical (unpaired) electrons. The van der Waals surface area contributed by atoms with Crippen molar-refractivity contribution in [1.82, 2.24) is 0 Å². The van der Waals surface area contributed by atoms with Gasteiger partial charge in [-0.3, -0.25) is 0 Å². The molecule has 0 saturated heterocycles. The monoisotopic (exact) mass is 202 g/mol. The van der Waals surface area contributed by atoms with Crippen molar-refractivity contribution in [2.75, 3.05) is 13.2 Å². The van der Waals surface area contributed by atoms with Crippen molar-refractivity contribution in [3.05, 3.63) is 12.5 Å². The second kappa shape index (κ2) is 12.3. The zero-order valence-corrected chi connectivity index (χ0v) is 8.78. The first-order valence-electron chi connectivity index (χ1n) is 5.27. The maximum atomic E-state index is 5.38. The maximum absolute atomic E-state index is 5.38. The molecular formula is C10H22N2O2. The van der Waals surface area contributed by atoms with Crippen LogP contribution in [0.25, 0.3) is 0 Å². The van der Waals surface area contributed by atoms with E-state index in [1.54, 1.807) is 0 Å². The van der Waals surface area contributed by atoms with E-state index in [2.05, 4.69) is 4.89 Å². The molecule has 0 aliphatic heterocycles. The number of hydrogen-bond acceptors (Lipinski definition) is 4. The molecule has 0 aromatic rings. The van der Waals surface area contributed by atoms with Gasteiger partial charge in [-0.15, -0.1) is 0 Å². The van der Waals surface area contributed by atoms with Crippen LogP contribution in [0, 0.1) is 0 Å². The highest BCUT2D eigenvalue weighted by Crippen LogP contribution is 2.04. The Morgan fingerprint density at radius 2 is 1.57 bits per heavy atom. The average molecular weight is 202 g/mol. The molecule has 0 aromatic carbocycles. The van der Waals surface area contributed by atoms with Crippen LogP contribution in [-0.2, 0) is 9.78 Å². The smallest absolute Gasteiger partial charge is 0.144 e. The third-order valence-electron chi connectivity index (χ3n) is 1.88. The highest BCUT2D eigenvalue weighted by atomic mass is 17.2. The van der Waals surface area contributed by atoms with Gasteiger partial charge in [0.25, 0.3) is 0 Å². The lowest BCUT2D eigenvalue weighted by Crippen LogP contribution is -1.97. The highest BCUT2D eigenvalue weighted by molar-refractivity contribution is 4.60. The van der Waals surface area contributed by atoms with Gasteiger partial charge in [-0.1, -0.05) is 25.7 Å². The van der Waals surface area contributed by atoms with Crippen molar-refractivity contribution in [3.8, 4) is 0 Å². The van der Waals surface area contributed by atoms with Gasteiger partial charge in [-0.2, -0.15) is 4.89 Å². The van der Waals surface area contributed by atoms with E-state index in [9.17, 15) is 0 Å². The molecule has 0 aliphatic carbocycles. The summed E-state index contributed by atoms with van der Waals surface area (Å²) in [7, 11) is 0. The van der Waals surface area contributed by atoms with Crippen LogP contribution in [-0.4, -0.2) is 13.2 Å². The molecule has 4 nitrogen and oxygen atoms in total. The SMILES string of the molecule is NC=COOCCCCCCCCN. The molecular weight excluding hydrogens is 180 g/mol. The number of rotatable bonds is 10. The fourth-order valence-electron chi connectivity index (χ4n) is 1.13. The Hall–Kier alpha value is -0.740. The van der Waals surface area contributed by atoms with E-state index in [0.29, 0.717) is 6.61 Å². The van der Waals surface area contributed by atoms with Crippen molar-refractivity contribution in [1.29, 1.82) is 0 Å². The summed E-state index contributed by atoms with van der Waals surface area (Å²) in [4.78, 5) is 9.42. The Labute approximate surface area is 86.2 Å². The van der Waals surface area contributed by atoms with E-state index in [1.807, 2.05) is 0 Å². The molecule has 0 heterocycles. The quantitative estimate of drug-likeness (QED) is 0.245. The number of hydrogen-bond donors (Lipinski definition) is 2. The molecule has 0 amide bonds. The molecule has 0 aliphatic rings. The van der Waals surface area contributed by atoms with Crippen LogP contribution in [0.15, 0.2) is 12.5 Å². The Morgan fingerprint density at radius 1 is 0.929 bits per heavy atom. The Morgan fingerprint density at radius 3 is 2.21 bits per heavy atom. The fourth-order valence-corrected chi connectivity index (χ4v) is 1.13. The predicted octanol–water partition coefficient (Wildman–Crippen LogP) is 1.66. The highest BCUT2D eigenvalue weighted by Gasteiger charge is 1.91. The summed E-state index contributed by atoms with van der Waals surface area (Å²) < 4.78 is 0. The summed E-state index contributed by atoms with van der Waals surface area (Å²) in [5, 5.41) is 0. The van der Waals surface area contributed by atoms with Gasteiger partial charge in [0.05, 0.1) is 6.61 Å².